The average Bonchev–Trinajstić information content (AvgIpc) is 3.33. The van der Waals surface area contributed by atoms with Crippen LogP contribution < -0.4 is 0 Å². The Morgan fingerprint density at radius 1 is 0.750 bits per heavy atom. The number of rotatable bonds is 1. The number of aromatic amines is 1. The average molecular weight is 421 g/mol. The molecule has 0 fully saturated rings. The molecule has 0 spiro atoms. The summed E-state index contributed by atoms with van der Waals surface area (Å²) in [5.41, 5.74) is 3.10. The first-order valence-corrected chi connectivity index (χ1v) is 9.82. The molecule has 0 saturated heterocycles. The molecule has 7 nitrogen and oxygen atoms in total. The number of nitrogens with zero attached hydrogens (tertiary/aromatic N) is 4. The lowest BCUT2D eigenvalue weighted by atomic mass is 10.1. The lowest BCUT2D eigenvalue weighted by Crippen LogP contribution is -1.97. The summed E-state index contributed by atoms with van der Waals surface area (Å²) < 4.78 is 0. The molecule has 0 atom stereocenters. The molecule has 0 saturated carbocycles. The van der Waals surface area contributed by atoms with Crippen LogP contribution in [0.25, 0.3) is 32.7 Å². The van der Waals surface area contributed by atoms with E-state index in [1.54, 1.807) is 24.5 Å². The van der Waals surface area contributed by atoms with Crippen LogP contribution in [0, 0.1) is 0 Å². The third kappa shape index (κ3) is 4.91. The Morgan fingerprint density at radius 2 is 1.47 bits per heavy atom. The summed E-state index contributed by atoms with van der Waals surface area (Å²) in [5.74, 6) is -0.918. The summed E-state index contributed by atoms with van der Waals surface area (Å²) in [6.45, 7) is 0. The summed E-state index contributed by atoms with van der Waals surface area (Å²) in [6.07, 6.45) is 6.69. The van der Waals surface area contributed by atoms with Crippen molar-refractivity contribution in [1.82, 2.24) is 25.1 Å². The molecule has 0 radical (unpaired) electrons. The van der Waals surface area contributed by atoms with E-state index in [1.165, 1.54) is 12.3 Å². The van der Waals surface area contributed by atoms with E-state index < -0.39 is 5.97 Å². The first kappa shape index (κ1) is 20.6. The van der Waals surface area contributed by atoms with Crippen molar-refractivity contribution < 1.29 is 9.90 Å². The van der Waals surface area contributed by atoms with E-state index in [4.69, 9.17) is 5.11 Å². The smallest absolute Gasteiger partial charge is 0.336 e. The number of fused-ring (bicyclic) bond motifs is 3. The zero-order valence-electron chi connectivity index (χ0n) is 17.0. The van der Waals surface area contributed by atoms with Crippen molar-refractivity contribution >= 4 is 38.7 Å². The SMILES string of the molecule is O=C(O)c1ccnc2ccccc12.c1ccc2[nH]ncc2c1.c1ccc2ncncc2c1. The number of carbonyl (C=O) groups is 1. The Hall–Kier alpha value is -4.65. The van der Waals surface area contributed by atoms with Gasteiger partial charge >= 0.3 is 5.97 Å². The van der Waals surface area contributed by atoms with Crippen LogP contribution in [-0.2, 0) is 0 Å². The molecular formula is C25H19N5O2. The Morgan fingerprint density at radius 3 is 2.25 bits per heavy atom. The van der Waals surface area contributed by atoms with Gasteiger partial charge < -0.3 is 5.11 Å². The molecule has 0 aliphatic carbocycles. The van der Waals surface area contributed by atoms with Crippen molar-refractivity contribution in [2.75, 3.05) is 0 Å². The van der Waals surface area contributed by atoms with Crippen LogP contribution in [0.2, 0.25) is 0 Å². The van der Waals surface area contributed by atoms with Gasteiger partial charge in [0.1, 0.15) is 6.33 Å². The van der Waals surface area contributed by atoms with E-state index in [2.05, 4.69) is 25.1 Å². The van der Waals surface area contributed by atoms with Gasteiger partial charge in [-0.2, -0.15) is 5.10 Å². The molecule has 3 aromatic carbocycles. The van der Waals surface area contributed by atoms with Gasteiger partial charge in [-0.15, -0.1) is 0 Å². The van der Waals surface area contributed by atoms with Crippen LogP contribution in [0.5, 0.6) is 0 Å². The largest absolute Gasteiger partial charge is 0.478 e. The summed E-state index contributed by atoms with van der Waals surface area (Å²) in [6, 6.07) is 24.6. The highest BCUT2D eigenvalue weighted by atomic mass is 16.4. The van der Waals surface area contributed by atoms with Crippen molar-refractivity contribution in [1.29, 1.82) is 0 Å². The van der Waals surface area contributed by atoms with Crippen molar-refractivity contribution in [3.63, 3.8) is 0 Å². The predicted molar refractivity (Wildman–Crippen MR) is 124 cm³/mol. The molecule has 7 heteroatoms. The lowest BCUT2D eigenvalue weighted by molar-refractivity contribution is 0.0699. The second kappa shape index (κ2) is 9.90. The lowest BCUT2D eigenvalue weighted by Gasteiger charge is -1.99. The highest BCUT2D eigenvalue weighted by molar-refractivity contribution is 6.02. The molecule has 0 bridgehead atoms. The summed E-state index contributed by atoms with van der Waals surface area (Å²) in [7, 11) is 0. The van der Waals surface area contributed by atoms with Gasteiger partial charge in [-0.1, -0.05) is 54.6 Å². The molecule has 0 aliphatic rings. The topological polar surface area (TPSA) is 105 Å². The fourth-order valence-corrected chi connectivity index (χ4v) is 3.09. The number of hydrogen-bond acceptors (Lipinski definition) is 5. The van der Waals surface area contributed by atoms with Gasteiger partial charge in [0.25, 0.3) is 0 Å². The number of carboxylic acids is 1. The molecule has 156 valence electrons. The standard InChI is InChI=1S/C10H7NO2.C8H6N2.C7H6N2/c12-10(13)8-5-6-11-9-4-2-1-3-7(8)9;1-2-4-8-7(3-1)5-9-6-10-8;1-2-4-7-6(3-1)5-8-9-7/h1-6H,(H,12,13);1-6H;1-5H,(H,8,9). The summed E-state index contributed by atoms with van der Waals surface area (Å²) in [4.78, 5) is 22.8. The first-order chi connectivity index (χ1) is 15.7. The quantitative estimate of drug-likeness (QED) is 0.382. The van der Waals surface area contributed by atoms with Crippen LogP contribution in [0.1, 0.15) is 10.4 Å². The van der Waals surface area contributed by atoms with Crippen LogP contribution in [-0.4, -0.2) is 36.2 Å². The van der Waals surface area contributed by atoms with Gasteiger partial charge in [-0.05, 0) is 24.3 Å². The second-order valence-corrected chi connectivity index (χ2v) is 6.72. The number of nitrogens with one attached hydrogen (secondary N) is 1. The normalized spacial score (nSPS) is 10.1. The minimum Gasteiger partial charge on any atom is -0.478 e. The van der Waals surface area contributed by atoms with Crippen LogP contribution in [0.15, 0.2) is 104 Å². The van der Waals surface area contributed by atoms with E-state index in [0.717, 1.165) is 21.8 Å². The number of benzene rings is 3. The van der Waals surface area contributed by atoms with Crippen molar-refractivity contribution in [2.45, 2.75) is 0 Å². The van der Waals surface area contributed by atoms with E-state index in [9.17, 15) is 4.79 Å². The molecule has 0 amide bonds. The Kier molecular flexibility index (Phi) is 6.38. The minimum atomic E-state index is -0.918. The first-order valence-electron chi connectivity index (χ1n) is 9.82. The molecule has 3 heterocycles. The third-order valence-corrected chi connectivity index (χ3v) is 4.64. The minimum absolute atomic E-state index is 0.297. The number of aromatic nitrogens is 5. The molecule has 0 aliphatic heterocycles. The molecule has 0 unspecified atom stereocenters. The maximum atomic E-state index is 10.8. The molecule has 6 aromatic rings. The number of H-pyrrole nitrogens is 1. The number of pyridine rings is 1. The van der Waals surface area contributed by atoms with Gasteiger partial charge in [0.05, 0.1) is 28.3 Å². The van der Waals surface area contributed by atoms with Gasteiger partial charge in [0, 0.05) is 28.6 Å². The van der Waals surface area contributed by atoms with Crippen LogP contribution >= 0.6 is 0 Å². The fourth-order valence-electron chi connectivity index (χ4n) is 3.09. The van der Waals surface area contributed by atoms with Crippen molar-refractivity contribution in [2.24, 2.45) is 0 Å². The maximum absolute atomic E-state index is 10.8. The Balaban J connectivity index is 0.000000117. The highest BCUT2D eigenvalue weighted by Crippen LogP contribution is 2.15. The van der Waals surface area contributed by atoms with Crippen LogP contribution in [0.4, 0.5) is 0 Å². The monoisotopic (exact) mass is 421 g/mol. The molecule has 6 rings (SSSR count). The fraction of sp³-hybridized carbons (Fsp3) is 0. The second-order valence-electron chi connectivity index (χ2n) is 6.72. The molecule has 32 heavy (non-hydrogen) atoms. The predicted octanol–water partition coefficient (Wildman–Crippen LogP) is 5.13. The molecule has 3 aromatic heterocycles. The van der Waals surface area contributed by atoms with Gasteiger partial charge in [0.2, 0.25) is 0 Å². The Labute approximate surface area is 183 Å². The summed E-state index contributed by atoms with van der Waals surface area (Å²) in [5, 5.41) is 18.5. The van der Waals surface area contributed by atoms with E-state index >= 15 is 0 Å². The van der Waals surface area contributed by atoms with E-state index in [0.29, 0.717) is 16.5 Å². The van der Waals surface area contributed by atoms with E-state index in [-0.39, 0.29) is 0 Å². The third-order valence-electron chi connectivity index (χ3n) is 4.64. The van der Waals surface area contributed by atoms with Gasteiger partial charge in [-0.25, -0.2) is 14.8 Å². The summed E-state index contributed by atoms with van der Waals surface area (Å²) >= 11 is 0. The van der Waals surface area contributed by atoms with Gasteiger partial charge in [-0.3, -0.25) is 10.1 Å². The molecule has 2 N–H and O–H groups in total. The van der Waals surface area contributed by atoms with Crippen molar-refractivity contribution in [3.8, 4) is 0 Å². The van der Waals surface area contributed by atoms with E-state index in [1.807, 2.05) is 67.0 Å². The zero-order valence-corrected chi connectivity index (χ0v) is 17.0. The maximum Gasteiger partial charge on any atom is 0.336 e. The number of carboxylic acid groups (broad SMARTS) is 1. The van der Waals surface area contributed by atoms with Crippen LogP contribution in [0.3, 0.4) is 0 Å². The zero-order chi connectivity index (χ0) is 22.2. The van der Waals surface area contributed by atoms with Gasteiger partial charge in [0.15, 0.2) is 0 Å². The number of hydrogen-bond donors (Lipinski definition) is 2. The Bertz CT molecular complexity index is 1380. The number of para-hydroxylation sites is 3. The van der Waals surface area contributed by atoms with Crippen molar-refractivity contribution in [3.05, 3.63) is 109 Å². The number of aromatic carboxylic acids is 1. The molecular weight excluding hydrogens is 402 g/mol. The highest BCUT2D eigenvalue weighted by Gasteiger charge is 2.06.